The van der Waals surface area contributed by atoms with Crippen LogP contribution in [0.1, 0.15) is 21.5 Å². The van der Waals surface area contributed by atoms with Gasteiger partial charge < -0.3 is 24.7 Å². The maximum atomic E-state index is 13.7. The number of aromatic hydroxyl groups is 2. The van der Waals surface area contributed by atoms with Crippen LogP contribution in [-0.4, -0.2) is 58.2 Å². The quantitative estimate of drug-likeness (QED) is 0.282. The van der Waals surface area contributed by atoms with Crippen molar-refractivity contribution in [3.63, 3.8) is 0 Å². The fourth-order valence-corrected chi connectivity index (χ4v) is 4.03. The van der Waals surface area contributed by atoms with Gasteiger partial charge >= 0.3 is 0 Å². The van der Waals surface area contributed by atoms with Gasteiger partial charge in [-0.1, -0.05) is 24.3 Å². The van der Waals surface area contributed by atoms with Gasteiger partial charge in [0.2, 0.25) is 5.28 Å². The summed E-state index contributed by atoms with van der Waals surface area (Å²) in [5.74, 6) is -0.147. The Bertz CT molecular complexity index is 1430. The number of phenols is 2. The number of anilines is 1. The molecule has 196 valence electrons. The Labute approximate surface area is 226 Å². The lowest BCUT2D eigenvalue weighted by atomic mass is 10.1. The number of phenolic OH excluding ortho intramolecular Hbond substituents is 2. The summed E-state index contributed by atoms with van der Waals surface area (Å²) < 4.78 is 5.87. The van der Waals surface area contributed by atoms with Crippen LogP contribution in [0.2, 0.25) is 5.28 Å². The molecule has 2 N–H and O–H groups in total. The second-order valence-electron chi connectivity index (χ2n) is 9.11. The molecule has 0 unspecified atom stereocenters. The van der Waals surface area contributed by atoms with Crippen LogP contribution in [-0.2, 0) is 6.54 Å². The monoisotopic (exact) mass is 532 g/mol. The Kier molecular flexibility index (Phi) is 8.45. The van der Waals surface area contributed by atoms with E-state index in [1.54, 1.807) is 11.1 Å². The number of rotatable bonds is 9. The standard InChI is InChI=1S/C29H29ClN4O4/c1-19-17-31-29(30)32-27(19)21-7-9-22(10-8-21)34(28(37)25-12-11-23(35)16-26(25)36)18-20-5-4-6-24(15-20)38-14-13-33(2)3/h4-12,15-17,35-36H,13-14,18H2,1-3H3. The second kappa shape index (κ2) is 11.9. The largest absolute Gasteiger partial charge is 0.508 e. The third-order valence-electron chi connectivity index (χ3n) is 5.90. The zero-order valence-corrected chi connectivity index (χ0v) is 22.2. The van der Waals surface area contributed by atoms with Crippen molar-refractivity contribution in [2.75, 3.05) is 32.1 Å². The summed E-state index contributed by atoms with van der Waals surface area (Å²) in [7, 11) is 3.96. The number of carbonyl (C=O) groups excluding carboxylic acids is 1. The molecule has 1 aromatic heterocycles. The molecule has 9 heteroatoms. The van der Waals surface area contributed by atoms with Gasteiger partial charge in [0.15, 0.2) is 0 Å². The van der Waals surface area contributed by atoms with Gasteiger partial charge in [0.25, 0.3) is 5.91 Å². The van der Waals surface area contributed by atoms with E-state index in [-0.39, 0.29) is 28.9 Å². The highest BCUT2D eigenvalue weighted by Crippen LogP contribution is 2.30. The molecule has 1 amide bonds. The van der Waals surface area contributed by atoms with Gasteiger partial charge in [-0.05, 0) is 80.1 Å². The van der Waals surface area contributed by atoms with E-state index >= 15 is 0 Å². The Morgan fingerprint density at radius 3 is 2.50 bits per heavy atom. The third-order valence-corrected chi connectivity index (χ3v) is 6.08. The van der Waals surface area contributed by atoms with Gasteiger partial charge in [-0.25, -0.2) is 9.97 Å². The average molecular weight is 533 g/mol. The van der Waals surface area contributed by atoms with Crippen molar-refractivity contribution < 1.29 is 19.7 Å². The Morgan fingerprint density at radius 1 is 1.03 bits per heavy atom. The van der Waals surface area contributed by atoms with Crippen LogP contribution in [0.3, 0.4) is 0 Å². The smallest absolute Gasteiger partial charge is 0.262 e. The van der Waals surface area contributed by atoms with E-state index in [2.05, 4.69) is 9.97 Å². The lowest BCUT2D eigenvalue weighted by molar-refractivity contribution is 0.0982. The summed E-state index contributed by atoms with van der Waals surface area (Å²) in [6.07, 6.45) is 1.66. The van der Waals surface area contributed by atoms with Crippen LogP contribution in [0.4, 0.5) is 5.69 Å². The van der Waals surface area contributed by atoms with Gasteiger partial charge in [-0.15, -0.1) is 0 Å². The van der Waals surface area contributed by atoms with Crippen LogP contribution in [0, 0.1) is 6.92 Å². The third kappa shape index (κ3) is 6.59. The molecule has 1 heterocycles. The zero-order chi connectivity index (χ0) is 27.2. The number of benzene rings is 3. The molecule has 0 spiro atoms. The Balaban J connectivity index is 1.67. The highest BCUT2D eigenvalue weighted by Gasteiger charge is 2.22. The molecule has 0 saturated carbocycles. The predicted octanol–water partition coefficient (Wildman–Crippen LogP) is 5.30. The first-order valence-electron chi connectivity index (χ1n) is 12.0. The maximum absolute atomic E-state index is 13.7. The summed E-state index contributed by atoms with van der Waals surface area (Å²) in [4.78, 5) is 25.6. The number of hydrogen-bond acceptors (Lipinski definition) is 7. The second-order valence-corrected chi connectivity index (χ2v) is 9.45. The van der Waals surface area contributed by atoms with Gasteiger partial charge in [0.1, 0.15) is 23.9 Å². The van der Waals surface area contributed by atoms with Crippen molar-refractivity contribution in [1.82, 2.24) is 14.9 Å². The van der Waals surface area contributed by atoms with Gasteiger partial charge in [0, 0.05) is 30.1 Å². The first kappa shape index (κ1) is 26.9. The maximum Gasteiger partial charge on any atom is 0.262 e. The lowest BCUT2D eigenvalue weighted by Gasteiger charge is -2.24. The molecule has 0 atom stereocenters. The molecule has 0 bridgehead atoms. The topological polar surface area (TPSA) is 99.0 Å². The molecule has 0 aliphatic heterocycles. The summed E-state index contributed by atoms with van der Waals surface area (Å²) in [5.41, 5.74) is 3.93. The number of likely N-dealkylation sites (N-methyl/N-ethyl adjacent to an activating group) is 1. The number of halogens is 1. The molecule has 38 heavy (non-hydrogen) atoms. The summed E-state index contributed by atoms with van der Waals surface area (Å²) >= 11 is 6.00. The van der Waals surface area contributed by atoms with Crippen LogP contribution >= 0.6 is 11.6 Å². The lowest BCUT2D eigenvalue weighted by Crippen LogP contribution is -2.30. The molecule has 4 aromatic rings. The summed E-state index contributed by atoms with van der Waals surface area (Å²) in [5, 5.41) is 20.3. The molecule has 0 radical (unpaired) electrons. The summed E-state index contributed by atoms with van der Waals surface area (Å²) in [6, 6.07) is 18.8. The van der Waals surface area contributed by atoms with Crippen molar-refractivity contribution >= 4 is 23.2 Å². The first-order chi connectivity index (χ1) is 18.2. The van der Waals surface area contributed by atoms with E-state index in [1.165, 1.54) is 12.1 Å². The van der Waals surface area contributed by atoms with Crippen molar-refractivity contribution in [2.45, 2.75) is 13.5 Å². The van der Waals surface area contributed by atoms with Crippen molar-refractivity contribution in [2.24, 2.45) is 0 Å². The highest BCUT2D eigenvalue weighted by molar-refractivity contribution is 6.28. The number of nitrogens with zero attached hydrogens (tertiary/aromatic N) is 4. The molecule has 0 fully saturated rings. The van der Waals surface area contributed by atoms with Crippen LogP contribution in [0.25, 0.3) is 11.3 Å². The Hall–Kier alpha value is -4.14. The van der Waals surface area contributed by atoms with Gasteiger partial charge in [-0.3, -0.25) is 4.79 Å². The fourth-order valence-electron chi connectivity index (χ4n) is 3.90. The summed E-state index contributed by atoms with van der Waals surface area (Å²) in [6.45, 7) is 3.44. The number of hydrogen-bond donors (Lipinski definition) is 2. The van der Waals surface area contributed by atoms with Crippen LogP contribution in [0.15, 0.2) is 72.9 Å². The van der Waals surface area contributed by atoms with Gasteiger partial charge in [-0.2, -0.15) is 0 Å². The van der Waals surface area contributed by atoms with E-state index in [9.17, 15) is 15.0 Å². The molecule has 4 rings (SSSR count). The molecule has 0 aliphatic rings. The molecule has 0 saturated heterocycles. The molecular formula is C29H29ClN4O4. The van der Waals surface area contributed by atoms with E-state index in [4.69, 9.17) is 16.3 Å². The molecule has 3 aromatic carbocycles. The van der Waals surface area contributed by atoms with E-state index in [0.717, 1.165) is 29.3 Å². The molecule has 8 nitrogen and oxygen atoms in total. The van der Waals surface area contributed by atoms with E-state index in [1.807, 2.05) is 74.4 Å². The van der Waals surface area contributed by atoms with Crippen molar-refractivity contribution in [1.29, 1.82) is 0 Å². The SMILES string of the molecule is Cc1cnc(Cl)nc1-c1ccc(N(Cc2cccc(OCCN(C)C)c2)C(=O)c2ccc(O)cc2O)cc1. The number of amides is 1. The normalized spacial score (nSPS) is 11.0. The number of ether oxygens (including phenoxy) is 1. The number of aryl methyl sites for hydroxylation is 1. The highest BCUT2D eigenvalue weighted by atomic mass is 35.5. The number of carbonyl (C=O) groups is 1. The van der Waals surface area contributed by atoms with E-state index < -0.39 is 5.91 Å². The molecule has 0 aliphatic carbocycles. The van der Waals surface area contributed by atoms with Crippen LogP contribution in [0.5, 0.6) is 17.2 Å². The average Bonchev–Trinajstić information content (AvgIpc) is 2.88. The van der Waals surface area contributed by atoms with Crippen LogP contribution < -0.4 is 9.64 Å². The minimum atomic E-state index is -0.421. The predicted molar refractivity (Wildman–Crippen MR) is 148 cm³/mol. The van der Waals surface area contributed by atoms with Crippen molar-refractivity contribution in [3.05, 3.63) is 94.9 Å². The number of aromatic nitrogens is 2. The first-order valence-corrected chi connectivity index (χ1v) is 12.4. The minimum absolute atomic E-state index is 0.0729. The Morgan fingerprint density at radius 2 is 1.79 bits per heavy atom. The minimum Gasteiger partial charge on any atom is -0.508 e. The van der Waals surface area contributed by atoms with Crippen molar-refractivity contribution in [3.8, 4) is 28.5 Å². The van der Waals surface area contributed by atoms with E-state index in [0.29, 0.717) is 23.7 Å². The zero-order valence-electron chi connectivity index (χ0n) is 21.4. The fraction of sp³-hybridized carbons (Fsp3) is 0.207. The molecular weight excluding hydrogens is 504 g/mol. The van der Waals surface area contributed by atoms with Gasteiger partial charge in [0.05, 0.1) is 17.8 Å².